The maximum Gasteiger partial charge on any atom is 0.225 e. The van der Waals surface area contributed by atoms with Crippen LogP contribution >= 0.6 is 0 Å². The van der Waals surface area contributed by atoms with Crippen LogP contribution in [0.5, 0.6) is 0 Å². The Balaban J connectivity index is 2.05. The Morgan fingerprint density at radius 2 is 2.06 bits per heavy atom. The van der Waals surface area contributed by atoms with Gasteiger partial charge in [0.25, 0.3) is 0 Å². The van der Waals surface area contributed by atoms with Crippen molar-refractivity contribution in [3.05, 3.63) is 11.8 Å². The highest BCUT2D eigenvalue weighted by atomic mass is 15.2. The molecule has 0 spiro atoms. The molecular formula is C14H24N4. The fraction of sp³-hybridized carbons (Fsp3) is 0.714. The van der Waals surface area contributed by atoms with Gasteiger partial charge in [-0.3, -0.25) is 0 Å². The third kappa shape index (κ3) is 3.59. The van der Waals surface area contributed by atoms with E-state index in [0.29, 0.717) is 12.1 Å². The van der Waals surface area contributed by atoms with Crippen molar-refractivity contribution in [2.75, 3.05) is 10.6 Å². The molecule has 0 radical (unpaired) electrons. The molecule has 2 N–H and O–H groups in total. The SMILES string of the molecule is CCC(C)Nc1cc(C)nc(NC2CCCC2)n1. The number of nitrogens with zero attached hydrogens (tertiary/aromatic N) is 2. The first kappa shape index (κ1) is 13.1. The van der Waals surface area contributed by atoms with Crippen LogP contribution in [0.3, 0.4) is 0 Å². The summed E-state index contributed by atoms with van der Waals surface area (Å²) in [6.07, 6.45) is 6.22. The Morgan fingerprint density at radius 1 is 1.33 bits per heavy atom. The fourth-order valence-electron chi connectivity index (χ4n) is 2.31. The van der Waals surface area contributed by atoms with Gasteiger partial charge in [0.15, 0.2) is 0 Å². The zero-order valence-electron chi connectivity index (χ0n) is 11.7. The normalized spacial score (nSPS) is 17.7. The van der Waals surface area contributed by atoms with Crippen molar-refractivity contribution in [2.45, 2.75) is 65.0 Å². The molecule has 4 heteroatoms. The highest BCUT2D eigenvalue weighted by Gasteiger charge is 2.16. The van der Waals surface area contributed by atoms with Gasteiger partial charge in [-0.15, -0.1) is 0 Å². The van der Waals surface area contributed by atoms with Gasteiger partial charge < -0.3 is 10.6 Å². The van der Waals surface area contributed by atoms with Gasteiger partial charge in [-0.1, -0.05) is 19.8 Å². The van der Waals surface area contributed by atoms with Gasteiger partial charge in [-0.25, -0.2) is 4.98 Å². The lowest BCUT2D eigenvalue weighted by molar-refractivity contribution is 0.738. The molecule has 1 aromatic heterocycles. The minimum absolute atomic E-state index is 0.443. The molecule has 1 fully saturated rings. The van der Waals surface area contributed by atoms with Gasteiger partial charge in [0, 0.05) is 23.8 Å². The van der Waals surface area contributed by atoms with Crippen molar-refractivity contribution < 1.29 is 0 Å². The standard InChI is InChI=1S/C14H24N4/c1-4-10(2)15-13-9-11(3)16-14(18-13)17-12-7-5-6-8-12/h9-10,12H,4-8H2,1-3H3,(H2,15,16,17,18). The highest BCUT2D eigenvalue weighted by molar-refractivity contribution is 5.43. The van der Waals surface area contributed by atoms with Crippen molar-refractivity contribution in [3.63, 3.8) is 0 Å². The summed E-state index contributed by atoms with van der Waals surface area (Å²) in [6, 6.07) is 3.01. The molecule has 0 saturated heterocycles. The Kier molecular flexibility index (Phi) is 4.39. The molecule has 1 aliphatic rings. The van der Waals surface area contributed by atoms with E-state index in [0.717, 1.165) is 23.9 Å². The first-order chi connectivity index (χ1) is 8.67. The summed E-state index contributed by atoms with van der Waals surface area (Å²) < 4.78 is 0. The van der Waals surface area contributed by atoms with Gasteiger partial charge in [0.2, 0.25) is 5.95 Å². The van der Waals surface area contributed by atoms with Crippen LogP contribution in [0.4, 0.5) is 11.8 Å². The number of aryl methyl sites for hydroxylation is 1. The third-order valence-electron chi connectivity index (χ3n) is 3.55. The molecule has 0 aromatic carbocycles. The second-order valence-corrected chi connectivity index (χ2v) is 5.30. The van der Waals surface area contributed by atoms with Crippen LogP contribution in [-0.2, 0) is 0 Å². The molecule has 1 atom stereocenters. The van der Waals surface area contributed by atoms with Gasteiger partial charge in [0.1, 0.15) is 5.82 Å². The molecule has 0 bridgehead atoms. The van der Waals surface area contributed by atoms with E-state index in [1.165, 1.54) is 25.7 Å². The predicted molar refractivity (Wildman–Crippen MR) is 76.0 cm³/mol. The van der Waals surface area contributed by atoms with E-state index in [2.05, 4.69) is 34.4 Å². The molecule has 1 saturated carbocycles. The molecule has 0 aliphatic heterocycles. The predicted octanol–water partition coefficient (Wildman–Crippen LogP) is 3.35. The quantitative estimate of drug-likeness (QED) is 0.839. The minimum atomic E-state index is 0.443. The second kappa shape index (κ2) is 6.03. The van der Waals surface area contributed by atoms with Gasteiger partial charge >= 0.3 is 0 Å². The monoisotopic (exact) mass is 248 g/mol. The number of rotatable bonds is 5. The lowest BCUT2D eigenvalue weighted by Crippen LogP contribution is -2.19. The molecule has 1 heterocycles. The Hall–Kier alpha value is -1.32. The first-order valence-corrected chi connectivity index (χ1v) is 7.06. The summed E-state index contributed by atoms with van der Waals surface area (Å²) in [6.45, 7) is 6.36. The third-order valence-corrected chi connectivity index (χ3v) is 3.55. The first-order valence-electron chi connectivity index (χ1n) is 7.06. The van der Waals surface area contributed by atoms with Crippen LogP contribution in [-0.4, -0.2) is 22.1 Å². The fourth-order valence-corrected chi connectivity index (χ4v) is 2.31. The summed E-state index contributed by atoms with van der Waals surface area (Å²) in [5.41, 5.74) is 1.01. The van der Waals surface area contributed by atoms with E-state index in [4.69, 9.17) is 0 Å². The lowest BCUT2D eigenvalue weighted by Gasteiger charge is -2.16. The summed E-state index contributed by atoms with van der Waals surface area (Å²) in [7, 11) is 0. The molecule has 1 aliphatic carbocycles. The molecule has 1 unspecified atom stereocenters. The molecule has 1 aromatic rings. The van der Waals surface area contributed by atoms with Crippen molar-refractivity contribution in [1.29, 1.82) is 0 Å². The minimum Gasteiger partial charge on any atom is -0.367 e. The number of nitrogens with one attached hydrogen (secondary N) is 2. The van der Waals surface area contributed by atoms with Crippen LogP contribution < -0.4 is 10.6 Å². The summed E-state index contributed by atoms with van der Waals surface area (Å²) in [5, 5.41) is 6.86. The van der Waals surface area contributed by atoms with E-state index in [1.807, 2.05) is 13.0 Å². The molecular weight excluding hydrogens is 224 g/mol. The second-order valence-electron chi connectivity index (χ2n) is 5.30. The molecule has 4 nitrogen and oxygen atoms in total. The van der Waals surface area contributed by atoms with E-state index < -0.39 is 0 Å². The number of anilines is 2. The van der Waals surface area contributed by atoms with Gasteiger partial charge in [0.05, 0.1) is 0 Å². The van der Waals surface area contributed by atoms with E-state index in [1.54, 1.807) is 0 Å². The molecule has 18 heavy (non-hydrogen) atoms. The van der Waals surface area contributed by atoms with Gasteiger partial charge in [-0.2, -0.15) is 4.98 Å². The van der Waals surface area contributed by atoms with Crippen LogP contribution in [0, 0.1) is 6.92 Å². The van der Waals surface area contributed by atoms with E-state index in [9.17, 15) is 0 Å². The maximum atomic E-state index is 4.55. The maximum absolute atomic E-state index is 4.55. The largest absolute Gasteiger partial charge is 0.367 e. The Bertz CT molecular complexity index is 385. The number of hydrogen-bond acceptors (Lipinski definition) is 4. The Labute approximate surface area is 110 Å². The molecule has 2 rings (SSSR count). The van der Waals surface area contributed by atoms with Crippen LogP contribution in [0.1, 0.15) is 51.6 Å². The molecule has 100 valence electrons. The van der Waals surface area contributed by atoms with Crippen molar-refractivity contribution >= 4 is 11.8 Å². The summed E-state index contributed by atoms with van der Waals surface area (Å²) in [5.74, 6) is 1.70. The van der Waals surface area contributed by atoms with E-state index in [-0.39, 0.29) is 0 Å². The van der Waals surface area contributed by atoms with Crippen molar-refractivity contribution in [3.8, 4) is 0 Å². The lowest BCUT2D eigenvalue weighted by atomic mass is 10.2. The summed E-state index contributed by atoms with van der Waals surface area (Å²) in [4.78, 5) is 9.02. The van der Waals surface area contributed by atoms with Crippen molar-refractivity contribution in [1.82, 2.24) is 9.97 Å². The van der Waals surface area contributed by atoms with Crippen LogP contribution in [0.25, 0.3) is 0 Å². The van der Waals surface area contributed by atoms with E-state index >= 15 is 0 Å². The number of hydrogen-bond donors (Lipinski definition) is 2. The topological polar surface area (TPSA) is 49.8 Å². The van der Waals surface area contributed by atoms with Crippen LogP contribution in [0.2, 0.25) is 0 Å². The average molecular weight is 248 g/mol. The summed E-state index contributed by atoms with van der Waals surface area (Å²) >= 11 is 0. The number of aromatic nitrogens is 2. The van der Waals surface area contributed by atoms with Gasteiger partial charge in [-0.05, 0) is 33.1 Å². The molecule has 0 amide bonds. The van der Waals surface area contributed by atoms with Crippen molar-refractivity contribution in [2.24, 2.45) is 0 Å². The highest BCUT2D eigenvalue weighted by Crippen LogP contribution is 2.21. The average Bonchev–Trinajstić information content (AvgIpc) is 2.80. The van der Waals surface area contributed by atoms with Crippen LogP contribution in [0.15, 0.2) is 6.07 Å². The smallest absolute Gasteiger partial charge is 0.225 e. The Morgan fingerprint density at radius 3 is 2.72 bits per heavy atom. The zero-order chi connectivity index (χ0) is 13.0. The zero-order valence-corrected chi connectivity index (χ0v) is 11.7.